The molecule has 0 bridgehead atoms. The molecule has 4 rings (SSSR count). The Morgan fingerprint density at radius 2 is 1.66 bits per heavy atom. The molecule has 0 aliphatic heterocycles. The van der Waals surface area contributed by atoms with Crippen LogP contribution in [0.5, 0.6) is 0 Å². The third-order valence-corrected chi connectivity index (χ3v) is 11.4. The molecule has 0 saturated heterocycles. The van der Waals surface area contributed by atoms with Crippen LogP contribution in [-0.4, -0.2) is 30.7 Å². The van der Waals surface area contributed by atoms with Gasteiger partial charge in [-0.3, -0.25) is 0 Å². The second-order valence-electron chi connectivity index (χ2n) is 12.4. The number of amides is 1. The van der Waals surface area contributed by atoms with Gasteiger partial charge in [-0.1, -0.05) is 40.0 Å². The third kappa shape index (κ3) is 4.13. The highest BCUT2D eigenvalue weighted by Gasteiger charge is 2.60. The fourth-order valence-corrected chi connectivity index (χ4v) is 9.67. The van der Waals surface area contributed by atoms with E-state index in [0.717, 1.165) is 55.0 Å². The summed E-state index contributed by atoms with van der Waals surface area (Å²) >= 11 is 0. The lowest BCUT2D eigenvalue weighted by atomic mass is 9.42. The summed E-state index contributed by atoms with van der Waals surface area (Å²) in [5.41, 5.74) is 1.15. The lowest BCUT2D eigenvalue weighted by Crippen LogP contribution is -2.55. The number of hydrogen-bond acceptors (Lipinski definition) is 2. The van der Waals surface area contributed by atoms with Crippen LogP contribution in [-0.2, 0) is 4.74 Å². The molecule has 4 aliphatic rings. The molecular weight excluding hydrogens is 394 g/mol. The van der Waals surface area contributed by atoms with E-state index in [2.05, 4.69) is 20.8 Å². The van der Waals surface area contributed by atoms with E-state index >= 15 is 0 Å². The Morgan fingerprint density at radius 3 is 2.38 bits per heavy atom. The van der Waals surface area contributed by atoms with Crippen molar-refractivity contribution in [1.29, 1.82) is 0 Å². The van der Waals surface area contributed by atoms with Crippen LogP contribution >= 0.6 is 0 Å². The molecule has 4 saturated carbocycles. The Kier molecular flexibility index (Phi) is 7.52. The Bertz CT molecular complexity index is 645. The van der Waals surface area contributed by atoms with Gasteiger partial charge >= 0.3 is 6.09 Å². The van der Waals surface area contributed by atoms with Gasteiger partial charge in [0.1, 0.15) is 0 Å². The molecule has 4 fully saturated rings. The van der Waals surface area contributed by atoms with Crippen LogP contribution < -0.4 is 0 Å². The lowest BCUT2D eigenvalue weighted by molar-refractivity contribution is -0.135. The van der Waals surface area contributed by atoms with Crippen molar-refractivity contribution in [3.05, 3.63) is 0 Å². The van der Waals surface area contributed by atoms with Crippen LogP contribution in [0.2, 0.25) is 0 Å². The van der Waals surface area contributed by atoms with Gasteiger partial charge in [-0.2, -0.15) is 0 Å². The van der Waals surface area contributed by atoms with Crippen molar-refractivity contribution in [3.8, 4) is 0 Å². The zero-order valence-electron chi connectivity index (χ0n) is 21.8. The van der Waals surface area contributed by atoms with Crippen LogP contribution in [0.15, 0.2) is 0 Å². The first-order valence-corrected chi connectivity index (χ1v) is 14.3. The minimum Gasteiger partial charge on any atom is -0.449 e. The maximum atomic E-state index is 12.2. The van der Waals surface area contributed by atoms with E-state index in [1.807, 2.05) is 13.8 Å². The van der Waals surface area contributed by atoms with Crippen molar-refractivity contribution in [2.75, 3.05) is 19.7 Å². The van der Waals surface area contributed by atoms with Gasteiger partial charge in [0.05, 0.1) is 6.61 Å². The average Bonchev–Trinajstić information content (AvgIpc) is 3.13. The van der Waals surface area contributed by atoms with Crippen LogP contribution in [0.4, 0.5) is 4.79 Å². The van der Waals surface area contributed by atoms with Crippen LogP contribution in [0.1, 0.15) is 112 Å². The summed E-state index contributed by atoms with van der Waals surface area (Å²) < 4.78 is 5.59. The van der Waals surface area contributed by atoms with Gasteiger partial charge in [0, 0.05) is 13.1 Å². The molecule has 0 aromatic rings. The highest BCUT2D eigenvalue weighted by atomic mass is 16.6. The fourth-order valence-electron chi connectivity index (χ4n) is 9.67. The maximum Gasteiger partial charge on any atom is 0.409 e. The van der Waals surface area contributed by atoms with Gasteiger partial charge in [-0.25, -0.2) is 4.79 Å². The van der Waals surface area contributed by atoms with Crippen LogP contribution in [0.25, 0.3) is 0 Å². The second kappa shape index (κ2) is 9.87. The zero-order chi connectivity index (χ0) is 22.9. The predicted molar refractivity (Wildman–Crippen MR) is 133 cm³/mol. The van der Waals surface area contributed by atoms with Gasteiger partial charge in [0.2, 0.25) is 0 Å². The average molecular weight is 446 g/mol. The topological polar surface area (TPSA) is 29.5 Å². The number of nitrogens with zero attached hydrogens (tertiary/aromatic N) is 1. The monoisotopic (exact) mass is 445 g/mol. The molecule has 3 nitrogen and oxygen atoms in total. The molecule has 32 heavy (non-hydrogen) atoms. The van der Waals surface area contributed by atoms with Crippen LogP contribution in [0.3, 0.4) is 0 Å². The zero-order valence-corrected chi connectivity index (χ0v) is 21.8. The third-order valence-electron chi connectivity index (χ3n) is 11.4. The van der Waals surface area contributed by atoms with E-state index in [1.54, 1.807) is 4.90 Å². The number of ether oxygens (including phenoxy) is 1. The Balaban J connectivity index is 1.38. The molecule has 0 radical (unpaired) electrons. The Morgan fingerprint density at radius 1 is 0.906 bits per heavy atom. The summed E-state index contributed by atoms with van der Waals surface area (Å²) in [6.07, 6.45) is 16.8. The molecular formula is C29H51NO2. The summed E-state index contributed by atoms with van der Waals surface area (Å²) in [7, 11) is 0. The number of rotatable bonds is 7. The van der Waals surface area contributed by atoms with E-state index in [0.29, 0.717) is 17.4 Å². The highest BCUT2D eigenvalue weighted by Crippen LogP contribution is 2.69. The van der Waals surface area contributed by atoms with Crippen molar-refractivity contribution in [1.82, 2.24) is 4.90 Å². The summed E-state index contributed by atoms with van der Waals surface area (Å²) in [4.78, 5) is 13.9. The molecule has 0 spiro atoms. The Labute approximate surface area is 198 Å². The van der Waals surface area contributed by atoms with Gasteiger partial charge in [0.15, 0.2) is 0 Å². The minimum atomic E-state index is -0.130. The molecule has 0 N–H and O–H groups in total. The number of carbonyl (C=O) groups is 1. The number of hydrogen-bond donors (Lipinski definition) is 0. The molecule has 184 valence electrons. The summed E-state index contributed by atoms with van der Waals surface area (Å²) in [6, 6.07) is 0. The lowest BCUT2D eigenvalue weighted by Gasteiger charge is -2.62. The van der Waals surface area contributed by atoms with Crippen molar-refractivity contribution < 1.29 is 9.53 Å². The van der Waals surface area contributed by atoms with Gasteiger partial charge in [0.25, 0.3) is 0 Å². The van der Waals surface area contributed by atoms with E-state index in [1.165, 1.54) is 70.6 Å². The van der Waals surface area contributed by atoms with E-state index in [-0.39, 0.29) is 6.09 Å². The molecule has 1 amide bonds. The van der Waals surface area contributed by atoms with Crippen molar-refractivity contribution >= 4 is 6.09 Å². The second-order valence-corrected chi connectivity index (χ2v) is 12.4. The fraction of sp³-hybridized carbons (Fsp3) is 0.966. The highest BCUT2D eigenvalue weighted by molar-refractivity contribution is 5.67. The Hall–Kier alpha value is -0.730. The predicted octanol–water partition coefficient (Wildman–Crippen LogP) is 7.93. The quantitative estimate of drug-likeness (QED) is 0.372. The molecule has 0 heterocycles. The summed E-state index contributed by atoms with van der Waals surface area (Å²) in [5.74, 6) is 5.72. The standard InChI is InChI=1S/C29H51NO2/c1-6-21-20-23-25-15-14-22(12-11-19-32-27(31)30(7-2)8-3)28(25,4)18-16-26(23)29(5)17-10-9-13-24(21)29/h21-26H,6-20H2,1-5H3/t21-,22?,23?,24?,25?,26-,28?,29?/m0/s1. The first-order chi connectivity index (χ1) is 15.4. The van der Waals surface area contributed by atoms with E-state index < -0.39 is 0 Å². The maximum absolute atomic E-state index is 12.2. The van der Waals surface area contributed by atoms with E-state index in [9.17, 15) is 4.79 Å². The molecule has 0 aromatic heterocycles. The normalized spacial score (nSPS) is 43.2. The van der Waals surface area contributed by atoms with Crippen molar-refractivity contribution in [3.63, 3.8) is 0 Å². The largest absolute Gasteiger partial charge is 0.449 e. The molecule has 0 aromatic carbocycles. The minimum absolute atomic E-state index is 0.130. The molecule has 6 unspecified atom stereocenters. The SMILES string of the molecule is CC[C@H]1CC2C3CCC(CCCOC(=O)N(CC)CC)C3(C)CC[C@@H]2C2(C)CCCCC12. The first-order valence-electron chi connectivity index (χ1n) is 14.3. The van der Waals surface area contributed by atoms with Crippen molar-refractivity contribution in [2.45, 2.75) is 112 Å². The van der Waals surface area contributed by atoms with E-state index in [4.69, 9.17) is 4.74 Å². The smallest absolute Gasteiger partial charge is 0.409 e. The molecule has 4 aliphatic carbocycles. The van der Waals surface area contributed by atoms with Gasteiger partial charge in [-0.05, 0) is 118 Å². The van der Waals surface area contributed by atoms with Crippen molar-refractivity contribution in [2.24, 2.45) is 46.3 Å². The van der Waals surface area contributed by atoms with Gasteiger partial charge < -0.3 is 9.64 Å². The van der Waals surface area contributed by atoms with Crippen LogP contribution in [0, 0.1) is 46.3 Å². The van der Waals surface area contributed by atoms with Gasteiger partial charge in [-0.15, -0.1) is 0 Å². The summed E-state index contributed by atoms with van der Waals surface area (Å²) in [6.45, 7) is 13.9. The number of fused-ring (bicyclic) bond motifs is 5. The summed E-state index contributed by atoms with van der Waals surface area (Å²) in [5, 5.41) is 0. The first kappa shape index (κ1) is 24.4. The molecule has 8 atom stereocenters. The number of carbonyl (C=O) groups excluding carboxylic acids is 1. The molecule has 3 heteroatoms.